The van der Waals surface area contributed by atoms with Crippen molar-refractivity contribution in [3.05, 3.63) is 33.2 Å². The van der Waals surface area contributed by atoms with Crippen LogP contribution in [0, 0.1) is 34.0 Å². The number of piperidine rings is 1. The van der Waals surface area contributed by atoms with E-state index in [1.807, 2.05) is 25.2 Å². The first-order valence-electron chi connectivity index (χ1n) is 13.2. The fourth-order valence-corrected chi connectivity index (χ4v) is 5.97. The van der Waals surface area contributed by atoms with Gasteiger partial charge in [-0.2, -0.15) is 18.4 Å². The molecule has 3 N–H and O–H groups in total. The largest absolute Gasteiger partial charge is 0.471 e. The van der Waals surface area contributed by atoms with Crippen LogP contribution >= 0.6 is 0 Å². The van der Waals surface area contributed by atoms with Gasteiger partial charge in [0.2, 0.25) is 11.8 Å². The lowest BCUT2D eigenvalue weighted by Crippen LogP contribution is -2.61. The number of hydrogen-bond donors (Lipinski definition) is 3. The Balaban J connectivity index is 1.55. The molecular formula is C27H34F3N5O5. The molecule has 1 aliphatic carbocycles. The second-order valence-electron chi connectivity index (χ2n) is 12.5. The second-order valence-corrected chi connectivity index (χ2v) is 12.5. The summed E-state index contributed by atoms with van der Waals surface area (Å²) in [7, 11) is 0. The van der Waals surface area contributed by atoms with Crippen molar-refractivity contribution in [3.63, 3.8) is 0 Å². The van der Waals surface area contributed by atoms with Crippen molar-refractivity contribution in [1.82, 2.24) is 20.5 Å². The number of likely N-dealkylation sites (tertiary alicyclic amines) is 1. The Morgan fingerprint density at radius 1 is 1.25 bits per heavy atom. The quantitative estimate of drug-likeness (QED) is 0.478. The third-order valence-electron chi connectivity index (χ3n) is 8.35. The fourth-order valence-electron chi connectivity index (χ4n) is 5.97. The SMILES string of the molecule is CC(C)(C)[C@H](NC(=O)C(F)(F)F)C(=O)N1C[C@H]2[C@@H]([C@H]1C(=O)NC(C#N)Cc1cc3c([nH]c1=O)CCOC3)C2(C)C. The zero-order valence-electron chi connectivity index (χ0n) is 23.1. The number of fused-ring (bicyclic) bond motifs is 2. The Kier molecular flexibility index (Phi) is 7.55. The lowest BCUT2D eigenvalue weighted by molar-refractivity contribution is -0.176. The highest BCUT2D eigenvalue weighted by molar-refractivity contribution is 5.95. The number of aromatic nitrogens is 1. The van der Waals surface area contributed by atoms with Crippen molar-refractivity contribution in [3.8, 4) is 6.07 Å². The second kappa shape index (κ2) is 10.2. The van der Waals surface area contributed by atoms with Gasteiger partial charge in [-0.25, -0.2) is 0 Å². The van der Waals surface area contributed by atoms with Crippen molar-refractivity contribution in [2.75, 3.05) is 13.2 Å². The molecule has 4 rings (SSSR count). The van der Waals surface area contributed by atoms with Crippen LogP contribution < -0.4 is 16.2 Å². The number of hydrogen-bond acceptors (Lipinski definition) is 6. The number of rotatable bonds is 6. The van der Waals surface area contributed by atoms with E-state index in [4.69, 9.17) is 4.74 Å². The first-order valence-corrected chi connectivity index (χ1v) is 13.2. The summed E-state index contributed by atoms with van der Waals surface area (Å²) in [6.45, 7) is 9.38. The molecule has 3 amide bonds. The lowest BCUT2D eigenvalue weighted by Gasteiger charge is -2.37. The molecule has 2 fully saturated rings. The number of nitrogens with one attached hydrogen (secondary N) is 3. The number of carbonyl (C=O) groups is 3. The van der Waals surface area contributed by atoms with E-state index in [1.54, 1.807) is 6.07 Å². The molecule has 218 valence electrons. The Morgan fingerprint density at radius 3 is 2.52 bits per heavy atom. The van der Waals surface area contributed by atoms with Gasteiger partial charge < -0.3 is 25.3 Å². The van der Waals surface area contributed by atoms with Gasteiger partial charge in [0.15, 0.2) is 0 Å². The molecule has 0 bridgehead atoms. The van der Waals surface area contributed by atoms with Crippen LogP contribution in [0.15, 0.2) is 10.9 Å². The maximum atomic E-state index is 13.6. The third-order valence-corrected chi connectivity index (χ3v) is 8.35. The normalized spacial score (nSPS) is 24.7. The van der Waals surface area contributed by atoms with E-state index in [-0.39, 0.29) is 35.8 Å². The maximum Gasteiger partial charge on any atom is 0.471 e. The van der Waals surface area contributed by atoms with Crippen molar-refractivity contribution >= 4 is 17.7 Å². The van der Waals surface area contributed by atoms with E-state index < -0.39 is 47.4 Å². The molecule has 1 aromatic rings. The number of nitriles is 1. The van der Waals surface area contributed by atoms with Gasteiger partial charge in [-0.05, 0) is 34.3 Å². The van der Waals surface area contributed by atoms with Gasteiger partial charge in [0.05, 0.1) is 19.3 Å². The molecule has 13 heteroatoms. The molecule has 2 aliphatic heterocycles. The summed E-state index contributed by atoms with van der Waals surface area (Å²) in [6.07, 6.45) is -4.71. The molecule has 3 heterocycles. The summed E-state index contributed by atoms with van der Waals surface area (Å²) in [6, 6.07) is -0.0376. The molecule has 1 saturated heterocycles. The number of ether oxygens (including phenoxy) is 1. The van der Waals surface area contributed by atoms with Gasteiger partial charge in [0.25, 0.3) is 5.56 Å². The zero-order valence-corrected chi connectivity index (χ0v) is 23.1. The molecule has 5 atom stereocenters. The summed E-state index contributed by atoms with van der Waals surface area (Å²) in [5, 5.41) is 14.2. The molecule has 0 aromatic carbocycles. The van der Waals surface area contributed by atoms with Gasteiger partial charge >= 0.3 is 12.1 Å². The standard InChI is InChI=1S/C27H34F3N5O5/c1-25(2,3)20(34-24(39)27(28,29)30)23(38)35-11-16-18(26(16,4)5)19(35)22(37)32-15(10-31)9-13-8-14-12-40-7-6-17(14)33-21(13)36/h8,15-16,18-20H,6-7,9,11-12H2,1-5H3,(H,32,37)(H,33,36)(H,34,39)/t15?,16-,18-,19-,20+/m0/s1. The predicted octanol–water partition coefficient (Wildman–Crippen LogP) is 1.57. The van der Waals surface area contributed by atoms with Crippen molar-refractivity contribution in [2.24, 2.45) is 22.7 Å². The van der Waals surface area contributed by atoms with Crippen LogP contribution in [0.1, 0.15) is 51.4 Å². The highest BCUT2D eigenvalue weighted by atomic mass is 19.4. The van der Waals surface area contributed by atoms with Crippen molar-refractivity contribution in [1.29, 1.82) is 5.26 Å². The van der Waals surface area contributed by atoms with Gasteiger partial charge in [0.1, 0.15) is 18.1 Å². The number of alkyl halides is 3. The molecule has 1 saturated carbocycles. The van der Waals surface area contributed by atoms with Crippen LogP contribution in [0.4, 0.5) is 13.2 Å². The van der Waals surface area contributed by atoms with Crippen LogP contribution in [0.2, 0.25) is 0 Å². The minimum Gasteiger partial charge on any atom is -0.376 e. The predicted molar refractivity (Wildman–Crippen MR) is 135 cm³/mol. The molecule has 0 radical (unpaired) electrons. The number of amides is 3. The summed E-state index contributed by atoms with van der Waals surface area (Å²) >= 11 is 0. The van der Waals surface area contributed by atoms with Crippen molar-refractivity contribution < 1.29 is 32.3 Å². The average Bonchev–Trinajstić information content (AvgIpc) is 3.18. The Labute approximate surface area is 229 Å². The van der Waals surface area contributed by atoms with Gasteiger partial charge in [0, 0.05) is 30.6 Å². The van der Waals surface area contributed by atoms with Gasteiger partial charge in [-0.15, -0.1) is 0 Å². The average molecular weight is 566 g/mol. The molecule has 1 aromatic heterocycles. The highest BCUT2D eigenvalue weighted by Gasteiger charge is 2.70. The van der Waals surface area contributed by atoms with E-state index >= 15 is 0 Å². The van der Waals surface area contributed by atoms with Crippen LogP contribution in [0.3, 0.4) is 0 Å². The maximum absolute atomic E-state index is 13.6. The number of halogens is 3. The Hall–Kier alpha value is -3.40. The third kappa shape index (κ3) is 5.59. The Morgan fingerprint density at radius 2 is 1.93 bits per heavy atom. The van der Waals surface area contributed by atoms with Crippen LogP contribution in [-0.4, -0.2) is 65.1 Å². The topological polar surface area (TPSA) is 144 Å². The lowest BCUT2D eigenvalue weighted by atomic mass is 9.85. The number of nitrogens with zero attached hydrogens (tertiary/aromatic N) is 2. The molecule has 10 nitrogen and oxygen atoms in total. The summed E-state index contributed by atoms with van der Waals surface area (Å²) in [5.74, 6) is -4.02. The molecule has 40 heavy (non-hydrogen) atoms. The first-order chi connectivity index (χ1) is 18.5. The van der Waals surface area contributed by atoms with E-state index in [0.717, 1.165) is 11.3 Å². The highest BCUT2D eigenvalue weighted by Crippen LogP contribution is 2.65. The fraction of sp³-hybridized carbons (Fsp3) is 0.667. The van der Waals surface area contributed by atoms with Crippen LogP contribution in [-0.2, 0) is 38.6 Å². The molecular weight excluding hydrogens is 531 g/mol. The number of pyridine rings is 1. The van der Waals surface area contributed by atoms with Gasteiger partial charge in [-0.1, -0.05) is 34.6 Å². The van der Waals surface area contributed by atoms with Crippen LogP contribution in [0.25, 0.3) is 0 Å². The summed E-state index contributed by atoms with van der Waals surface area (Å²) < 4.78 is 44.5. The van der Waals surface area contributed by atoms with E-state index in [9.17, 15) is 37.6 Å². The zero-order chi connectivity index (χ0) is 29.8. The van der Waals surface area contributed by atoms with Gasteiger partial charge in [-0.3, -0.25) is 19.2 Å². The minimum atomic E-state index is -5.18. The number of H-pyrrole nitrogens is 1. The monoisotopic (exact) mass is 565 g/mol. The first kappa shape index (κ1) is 29.6. The van der Waals surface area contributed by atoms with E-state index in [0.29, 0.717) is 25.2 Å². The van der Waals surface area contributed by atoms with Crippen LogP contribution in [0.5, 0.6) is 0 Å². The Bertz CT molecular complexity index is 1310. The molecule has 3 aliphatic rings. The number of aromatic amines is 1. The van der Waals surface area contributed by atoms with Crippen molar-refractivity contribution in [2.45, 2.75) is 78.4 Å². The van der Waals surface area contributed by atoms with E-state index in [1.165, 1.54) is 25.7 Å². The molecule has 1 unspecified atom stereocenters. The molecule has 0 spiro atoms. The summed E-state index contributed by atoms with van der Waals surface area (Å²) in [5.41, 5.74) is 0.0997. The summed E-state index contributed by atoms with van der Waals surface area (Å²) in [4.78, 5) is 55.6. The smallest absolute Gasteiger partial charge is 0.376 e. The minimum absolute atomic E-state index is 0.0739. The van der Waals surface area contributed by atoms with E-state index in [2.05, 4.69) is 10.3 Å². The number of carbonyl (C=O) groups excluding carboxylic acids is 3.